The van der Waals surface area contributed by atoms with Crippen LogP contribution in [0.25, 0.3) is 0 Å². The van der Waals surface area contributed by atoms with Crippen LogP contribution >= 0.6 is 0 Å². The summed E-state index contributed by atoms with van der Waals surface area (Å²) >= 11 is 0. The third-order valence-corrected chi connectivity index (χ3v) is 22.5. The number of hydrogen-bond acceptors (Lipinski definition) is 29. The molecule has 0 amide bonds. The molecule has 6 saturated heterocycles. The monoisotopic (exact) mass is 1300 g/mol. The van der Waals surface area contributed by atoms with Crippen molar-refractivity contribution >= 4 is 22.2 Å². The van der Waals surface area contributed by atoms with Gasteiger partial charge in [-0.05, 0) is 87.4 Å². The van der Waals surface area contributed by atoms with Gasteiger partial charge in [-0.15, -0.1) is 0 Å². The van der Waals surface area contributed by atoms with Crippen molar-refractivity contribution in [1.29, 1.82) is 0 Å². The summed E-state index contributed by atoms with van der Waals surface area (Å²) in [6.07, 6.45) is -34.6. The van der Waals surface area contributed by atoms with Gasteiger partial charge in [0, 0.05) is 31.3 Å². The molecule has 0 radical (unpaired) electrons. The Labute approximate surface area is 517 Å². The maximum Gasteiger partial charge on any atom is 0.313 e. The summed E-state index contributed by atoms with van der Waals surface area (Å²) in [5.41, 5.74) is -2.01. The summed E-state index contributed by atoms with van der Waals surface area (Å²) in [4.78, 5) is 27.8. The van der Waals surface area contributed by atoms with Gasteiger partial charge in [-0.25, -0.2) is 8.42 Å². The van der Waals surface area contributed by atoms with Gasteiger partial charge in [-0.2, -0.15) is 0 Å². The smallest absolute Gasteiger partial charge is 0.313 e. The summed E-state index contributed by atoms with van der Waals surface area (Å²) in [5, 5.41) is 122. The number of fused-ring (bicyclic) bond motifs is 4. The number of ether oxygens (including phenoxy) is 12. The van der Waals surface area contributed by atoms with Crippen LogP contribution in [0, 0.1) is 45.3 Å². The average Bonchev–Trinajstić information content (AvgIpc) is 1.55. The molecule has 1 spiro atoms. The van der Waals surface area contributed by atoms with Crippen molar-refractivity contribution in [2.24, 2.45) is 45.3 Å². The minimum absolute atomic E-state index is 0.0547. The third kappa shape index (κ3) is 12.4. The van der Waals surface area contributed by atoms with Crippen LogP contribution < -0.4 is 0 Å². The molecule has 0 aromatic carbocycles. The second-order valence-electron chi connectivity index (χ2n) is 28.1. The average molecular weight is 1300 g/mol. The first-order valence-corrected chi connectivity index (χ1v) is 32.5. The number of cyclic esters (lactones) is 1. The van der Waals surface area contributed by atoms with Crippen LogP contribution in [0.3, 0.4) is 0 Å². The minimum Gasteiger partial charge on any atom is -0.726 e. The maximum atomic E-state index is 14.5. The summed E-state index contributed by atoms with van der Waals surface area (Å²) in [6.45, 7) is 13.0. The molecule has 9 fully saturated rings. The molecule has 10 aliphatic rings. The topological polar surface area (TPSA) is 434 Å². The lowest BCUT2D eigenvalue weighted by Gasteiger charge is -2.64. The van der Waals surface area contributed by atoms with E-state index in [4.69, 9.17) is 61.0 Å². The van der Waals surface area contributed by atoms with Crippen LogP contribution in [-0.4, -0.2) is 267 Å². The molecule has 31 atom stereocenters. The van der Waals surface area contributed by atoms with Crippen LogP contribution in [0.4, 0.5) is 0 Å². The highest BCUT2D eigenvalue weighted by atomic mass is 32.3. The Morgan fingerprint density at radius 3 is 1.92 bits per heavy atom. The summed E-state index contributed by atoms with van der Waals surface area (Å²) in [5.74, 6) is -0.108. The van der Waals surface area contributed by atoms with Gasteiger partial charge in [0.1, 0.15) is 115 Å². The SMILES string of the molecule is CO[C@@H]1[C@@H](O)[C@H](O[C@@H]2[C@@H](O)[C@H](O[C@H]3[C@H](O)[C@@H](O[C@@H]4O[C@H](CO)[C@@H](O)[C@H](O)[C@H]4O)[C@H](O[C@H]4[C@H](O[C@H]5CC[C@]6(C)[C@@H]7CC[C@]89C(=O)O[C@@](C)(CC(=O)CC(C)C)[C@H]8CC[C@@]9(C)C7=CC[C@H]6C5(C)C)OC[C@@H](OS(=O)(=O)[O-])[C@@H]4O)O[C@@H]3C)O[C@H](CO)[C@H]2O)OC[C@H]1O. The Morgan fingerprint density at radius 2 is 1.27 bits per heavy atom. The number of aliphatic hydroxyl groups excluding tert-OH is 11. The van der Waals surface area contributed by atoms with Gasteiger partial charge in [0.2, 0.25) is 10.4 Å². The van der Waals surface area contributed by atoms with Crippen molar-refractivity contribution in [1.82, 2.24) is 0 Å². The van der Waals surface area contributed by atoms with Gasteiger partial charge in [0.15, 0.2) is 31.5 Å². The van der Waals surface area contributed by atoms with Gasteiger partial charge in [0.25, 0.3) is 0 Å². The molecule has 0 aromatic heterocycles. The Kier molecular flexibility index (Phi) is 20.5. The molecular weight excluding hydrogens is 1200 g/mol. The molecule has 6 heterocycles. The Morgan fingerprint density at radius 1 is 0.663 bits per heavy atom. The van der Waals surface area contributed by atoms with Gasteiger partial charge >= 0.3 is 5.97 Å². The third-order valence-electron chi connectivity index (χ3n) is 22.0. The van der Waals surface area contributed by atoms with E-state index >= 15 is 0 Å². The van der Waals surface area contributed by atoms with Crippen molar-refractivity contribution < 1.29 is 140 Å². The normalized spacial score (nSPS) is 50.7. The zero-order valence-corrected chi connectivity index (χ0v) is 52.4. The molecule has 10 rings (SSSR count). The van der Waals surface area contributed by atoms with E-state index in [0.29, 0.717) is 38.5 Å². The first-order chi connectivity index (χ1) is 41.7. The number of esters is 1. The van der Waals surface area contributed by atoms with Gasteiger partial charge < -0.3 is 118 Å². The Hall–Kier alpha value is -2.13. The molecule has 3 saturated carbocycles. The minimum atomic E-state index is -5.53. The zero-order valence-electron chi connectivity index (χ0n) is 51.6. The van der Waals surface area contributed by atoms with Gasteiger partial charge in [-0.1, -0.05) is 53.2 Å². The van der Waals surface area contributed by atoms with Gasteiger partial charge in [0.05, 0.1) is 44.1 Å². The molecule has 30 heteroatoms. The lowest BCUT2D eigenvalue weighted by atomic mass is 9.41. The number of ketones is 1. The number of methoxy groups -OCH3 is 1. The van der Waals surface area contributed by atoms with E-state index in [0.717, 1.165) is 12.8 Å². The van der Waals surface area contributed by atoms with Gasteiger partial charge in [-0.3, -0.25) is 13.8 Å². The number of hydrogen-bond donors (Lipinski definition) is 11. The summed E-state index contributed by atoms with van der Waals surface area (Å²) in [6, 6.07) is 0. The predicted molar refractivity (Wildman–Crippen MR) is 296 cm³/mol. The zero-order chi connectivity index (χ0) is 65.0. The van der Waals surface area contributed by atoms with Crippen LogP contribution in [0.1, 0.15) is 113 Å². The Balaban J connectivity index is 0.914. The fraction of sp³-hybridized carbons (Fsp3) is 0.932. The molecule has 89 heavy (non-hydrogen) atoms. The first kappa shape index (κ1) is 69.7. The number of rotatable bonds is 19. The summed E-state index contributed by atoms with van der Waals surface area (Å²) < 4.78 is 114. The maximum absolute atomic E-state index is 14.5. The van der Waals surface area contributed by atoms with E-state index in [1.807, 2.05) is 20.8 Å². The largest absolute Gasteiger partial charge is 0.726 e. The molecule has 510 valence electrons. The van der Waals surface area contributed by atoms with Crippen molar-refractivity contribution in [3.05, 3.63) is 11.6 Å². The van der Waals surface area contributed by atoms with E-state index in [2.05, 4.69) is 33.8 Å². The first-order valence-electron chi connectivity index (χ1n) is 31.1. The molecule has 0 bridgehead atoms. The number of aliphatic hydroxyl groups is 11. The van der Waals surface area contributed by atoms with Crippen molar-refractivity contribution in [3.8, 4) is 0 Å². The van der Waals surface area contributed by atoms with Crippen molar-refractivity contribution in [2.75, 3.05) is 33.5 Å². The van der Waals surface area contributed by atoms with E-state index < -0.39 is 206 Å². The highest BCUT2D eigenvalue weighted by Crippen LogP contribution is 2.76. The molecule has 29 nitrogen and oxygen atoms in total. The van der Waals surface area contributed by atoms with E-state index in [-0.39, 0.29) is 47.3 Å². The number of carbonyl (C=O) groups excluding carboxylic acids is 2. The summed E-state index contributed by atoms with van der Waals surface area (Å²) in [7, 11) is -4.31. The number of carbonyl (C=O) groups is 2. The standard InChI is InChI=1S/C59H94O29S/c1-24(2)18-26(62)19-58(8)34-13-16-57(7)28-10-11-33-55(4,5)35(14-15-56(33,6)27(28)12-17-59(34,57)54(72)87-58)82-52-47(38(66)32(23-78-52)88-89(73,74)75)86-53-48(85-50-40(68)39(67)36(64)30(20-60)80-50)41(69)44(25(3)79-53)83-51-43(71)46(37(65)31(21-61)81-51)84-49-42(70)45(76-9)29(63)22-77-49/h10,24-25,27,29-53,60-61,63-71H,11-23H2,1-9H3,(H,73,74,75)/p-1/t25-,27-,29-,30-,31-,32-,33+,34-,35+,36-,37-,38+,39+,40-,41+,42-,43-,44-,45+,46+,47-,48-,49+,50+,51+,52+,53+,56-,57+,58+,59-/m1/s1. The number of allylic oxidation sites excluding steroid dienone is 2. The fourth-order valence-electron chi connectivity index (χ4n) is 17.6. The molecule has 11 N–H and O–H groups in total. The number of Topliss-reactive ketones (excluding diaryl/α,β-unsaturated/α-hetero) is 1. The van der Waals surface area contributed by atoms with Crippen LogP contribution in [0.5, 0.6) is 0 Å². The molecule has 4 aliphatic carbocycles. The van der Waals surface area contributed by atoms with Crippen LogP contribution in [-0.2, 0) is 81.0 Å². The molecule has 0 unspecified atom stereocenters. The lowest BCUT2D eigenvalue weighted by Crippen LogP contribution is -2.68. The lowest BCUT2D eigenvalue weighted by molar-refractivity contribution is -0.405. The molecule has 0 aromatic rings. The molecular formula is C59H93O29S-. The molecule has 6 aliphatic heterocycles. The van der Waals surface area contributed by atoms with Crippen LogP contribution in [0.15, 0.2) is 11.6 Å². The van der Waals surface area contributed by atoms with Crippen LogP contribution in [0.2, 0.25) is 0 Å². The van der Waals surface area contributed by atoms with E-state index in [9.17, 15) is 78.7 Å². The highest BCUT2D eigenvalue weighted by molar-refractivity contribution is 7.80. The predicted octanol–water partition coefficient (Wildman–Crippen LogP) is -2.18. The van der Waals surface area contributed by atoms with Crippen molar-refractivity contribution in [3.63, 3.8) is 0 Å². The van der Waals surface area contributed by atoms with E-state index in [1.54, 1.807) is 0 Å². The second kappa shape index (κ2) is 26.1. The van der Waals surface area contributed by atoms with E-state index in [1.165, 1.54) is 19.6 Å². The second-order valence-corrected chi connectivity index (χ2v) is 29.2. The fourth-order valence-corrected chi connectivity index (χ4v) is 18.0. The van der Waals surface area contributed by atoms with Crippen molar-refractivity contribution in [2.45, 2.75) is 266 Å². The Bertz CT molecular complexity index is 2650. The quantitative estimate of drug-likeness (QED) is 0.0283. The highest BCUT2D eigenvalue weighted by Gasteiger charge is 2.76.